The number of fused-ring (bicyclic) bond motifs is 1. The third-order valence-corrected chi connectivity index (χ3v) is 4.96. The summed E-state index contributed by atoms with van der Waals surface area (Å²) in [4.78, 5) is 11.1. The molecule has 0 saturated carbocycles. The molecule has 0 aliphatic carbocycles. The van der Waals surface area contributed by atoms with E-state index in [1.807, 2.05) is 12.1 Å². The number of aryl methyl sites for hydroxylation is 1. The van der Waals surface area contributed by atoms with E-state index in [1.54, 1.807) is 13.0 Å². The molecule has 5 nitrogen and oxygen atoms in total. The van der Waals surface area contributed by atoms with E-state index in [0.717, 1.165) is 18.4 Å². The Morgan fingerprint density at radius 3 is 2.79 bits per heavy atom. The first-order valence-corrected chi connectivity index (χ1v) is 7.96. The minimum atomic E-state index is -3.26. The zero-order valence-corrected chi connectivity index (χ0v) is 12.0. The third-order valence-electron chi connectivity index (χ3n) is 3.18. The van der Waals surface area contributed by atoms with E-state index in [9.17, 15) is 13.2 Å². The van der Waals surface area contributed by atoms with Gasteiger partial charge in [0.15, 0.2) is 0 Å². The van der Waals surface area contributed by atoms with Crippen molar-refractivity contribution in [1.82, 2.24) is 0 Å². The average molecular weight is 282 g/mol. The predicted molar refractivity (Wildman–Crippen MR) is 75.9 cm³/mol. The van der Waals surface area contributed by atoms with Crippen molar-refractivity contribution in [3.05, 3.63) is 23.8 Å². The summed E-state index contributed by atoms with van der Waals surface area (Å²) in [5, 5.41) is 2.68. The van der Waals surface area contributed by atoms with Crippen LogP contribution in [0.1, 0.15) is 25.8 Å². The maximum absolute atomic E-state index is 12.1. The molecule has 0 fully saturated rings. The number of amides is 1. The van der Waals surface area contributed by atoms with E-state index < -0.39 is 10.0 Å². The van der Waals surface area contributed by atoms with Crippen LogP contribution in [0.25, 0.3) is 0 Å². The van der Waals surface area contributed by atoms with E-state index in [2.05, 4.69) is 5.32 Å². The first kappa shape index (κ1) is 13.9. The largest absolute Gasteiger partial charge is 0.326 e. The van der Waals surface area contributed by atoms with Crippen LogP contribution in [-0.2, 0) is 21.2 Å². The van der Waals surface area contributed by atoms with Crippen molar-refractivity contribution < 1.29 is 13.2 Å². The first-order chi connectivity index (χ1) is 8.94. The van der Waals surface area contributed by atoms with Gasteiger partial charge in [-0.25, -0.2) is 8.42 Å². The number of sulfonamides is 1. The lowest BCUT2D eigenvalue weighted by Gasteiger charge is -2.30. The number of hydrogen-bond acceptors (Lipinski definition) is 3. The molecule has 1 aliphatic heterocycles. The Kier molecular flexibility index (Phi) is 3.80. The lowest BCUT2D eigenvalue weighted by molar-refractivity contribution is -0.114. The molecule has 0 radical (unpaired) electrons. The number of nitrogens with zero attached hydrogens (tertiary/aromatic N) is 1. The van der Waals surface area contributed by atoms with Gasteiger partial charge in [0.25, 0.3) is 0 Å². The van der Waals surface area contributed by atoms with Crippen LogP contribution in [-0.4, -0.2) is 26.6 Å². The number of benzene rings is 1. The number of carbonyl (C=O) groups excluding carboxylic acids is 1. The van der Waals surface area contributed by atoms with Gasteiger partial charge in [0.05, 0.1) is 11.4 Å². The minimum absolute atomic E-state index is 0.0802. The molecule has 1 heterocycles. The first-order valence-electron chi connectivity index (χ1n) is 6.35. The van der Waals surface area contributed by atoms with E-state index in [1.165, 1.54) is 11.2 Å². The van der Waals surface area contributed by atoms with Gasteiger partial charge in [0.2, 0.25) is 15.9 Å². The zero-order chi connectivity index (χ0) is 14.0. The summed E-state index contributed by atoms with van der Waals surface area (Å²) < 4.78 is 25.6. The van der Waals surface area contributed by atoms with Crippen LogP contribution in [0, 0.1) is 0 Å². The second-order valence-corrected chi connectivity index (χ2v) is 6.78. The molecule has 1 N–H and O–H groups in total. The highest BCUT2D eigenvalue weighted by Gasteiger charge is 2.26. The van der Waals surface area contributed by atoms with E-state index in [0.29, 0.717) is 17.9 Å². The van der Waals surface area contributed by atoms with Crippen molar-refractivity contribution >= 4 is 27.3 Å². The van der Waals surface area contributed by atoms with Gasteiger partial charge in [-0.1, -0.05) is 6.07 Å². The highest BCUT2D eigenvalue weighted by atomic mass is 32.2. The third kappa shape index (κ3) is 2.89. The summed E-state index contributed by atoms with van der Waals surface area (Å²) in [5.74, 6) is -0.0859. The number of carbonyl (C=O) groups is 1. The zero-order valence-electron chi connectivity index (χ0n) is 11.1. The molecule has 1 aromatic carbocycles. The van der Waals surface area contributed by atoms with Crippen LogP contribution in [0.5, 0.6) is 0 Å². The van der Waals surface area contributed by atoms with Crippen LogP contribution < -0.4 is 9.62 Å². The fourth-order valence-corrected chi connectivity index (χ4v) is 3.46. The Balaban J connectivity index is 2.44. The summed E-state index contributed by atoms with van der Waals surface area (Å²) in [6.45, 7) is 3.58. The fraction of sp³-hybridized carbons (Fsp3) is 0.462. The molecule has 0 bridgehead atoms. The average Bonchev–Trinajstić information content (AvgIpc) is 2.37. The van der Waals surface area contributed by atoms with Crippen molar-refractivity contribution in [2.45, 2.75) is 26.7 Å². The molecular formula is C13H18N2O3S. The van der Waals surface area contributed by atoms with Crippen molar-refractivity contribution in [1.29, 1.82) is 0 Å². The van der Waals surface area contributed by atoms with Crippen LogP contribution >= 0.6 is 0 Å². The molecule has 104 valence electrons. The predicted octanol–water partition coefficient (Wildman–Crippen LogP) is 1.75. The molecule has 0 spiro atoms. The van der Waals surface area contributed by atoms with Gasteiger partial charge in [0.1, 0.15) is 0 Å². The Labute approximate surface area is 113 Å². The Hall–Kier alpha value is -1.56. The molecule has 0 saturated heterocycles. The molecule has 1 amide bonds. The quantitative estimate of drug-likeness (QED) is 0.918. The lowest BCUT2D eigenvalue weighted by atomic mass is 10.0. The fourth-order valence-electron chi connectivity index (χ4n) is 2.27. The van der Waals surface area contributed by atoms with Gasteiger partial charge in [-0.3, -0.25) is 9.10 Å². The van der Waals surface area contributed by atoms with Crippen molar-refractivity contribution in [3.8, 4) is 0 Å². The van der Waals surface area contributed by atoms with Gasteiger partial charge in [-0.15, -0.1) is 0 Å². The molecule has 0 aromatic heterocycles. The minimum Gasteiger partial charge on any atom is -0.326 e. The van der Waals surface area contributed by atoms with Gasteiger partial charge in [0, 0.05) is 19.2 Å². The Bertz CT molecular complexity index is 596. The number of anilines is 2. The SMILES string of the molecule is CCS(=O)(=O)N1CCCc2ccc(NC(C)=O)cc21. The normalized spacial score (nSPS) is 14.9. The monoisotopic (exact) mass is 282 g/mol. The van der Waals surface area contributed by atoms with Gasteiger partial charge < -0.3 is 5.32 Å². The topological polar surface area (TPSA) is 66.5 Å². The van der Waals surface area contributed by atoms with Crippen LogP contribution in [0.4, 0.5) is 11.4 Å². The van der Waals surface area contributed by atoms with Crippen molar-refractivity contribution in [2.24, 2.45) is 0 Å². The highest BCUT2D eigenvalue weighted by Crippen LogP contribution is 2.32. The summed E-state index contributed by atoms with van der Waals surface area (Å²) >= 11 is 0. The van der Waals surface area contributed by atoms with Gasteiger partial charge >= 0.3 is 0 Å². The summed E-state index contributed by atoms with van der Waals surface area (Å²) in [7, 11) is -3.26. The number of hydrogen-bond donors (Lipinski definition) is 1. The maximum Gasteiger partial charge on any atom is 0.234 e. The van der Waals surface area contributed by atoms with Crippen LogP contribution in [0.15, 0.2) is 18.2 Å². The summed E-state index contributed by atoms with van der Waals surface area (Å²) in [6, 6.07) is 5.43. The highest BCUT2D eigenvalue weighted by molar-refractivity contribution is 7.92. The van der Waals surface area contributed by atoms with E-state index >= 15 is 0 Å². The number of nitrogens with one attached hydrogen (secondary N) is 1. The van der Waals surface area contributed by atoms with Crippen molar-refractivity contribution in [3.63, 3.8) is 0 Å². The second kappa shape index (κ2) is 5.21. The molecule has 2 rings (SSSR count). The van der Waals surface area contributed by atoms with Crippen molar-refractivity contribution in [2.75, 3.05) is 21.9 Å². The standard InChI is InChI=1S/C13H18N2O3S/c1-3-19(17,18)15-8-4-5-11-6-7-12(9-13(11)15)14-10(2)16/h6-7,9H,3-5,8H2,1-2H3,(H,14,16). The lowest BCUT2D eigenvalue weighted by Crippen LogP contribution is -2.36. The van der Waals surface area contributed by atoms with E-state index in [-0.39, 0.29) is 11.7 Å². The molecule has 0 atom stereocenters. The molecular weight excluding hydrogens is 264 g/mol. The van der Waals surface area contributed by atoms with Gasteiger partial charge in [-0.2, -0.15) is 0 Å². The molecule has 19 heavy (non-hydrogen) atoms. The Morgan fingerprint density at radius 2 is 2.16 bits per heavy atom. The molecule has 0 unspecified atom stereocenters. The molecule has 6 heteroatoms. The summed E-state index contributed by atoms with van der Waals surface area (Å²) in [5.41, 5.74) is 2.33. The van der Waals surface area contributed by atoms with Crippen LogP contribution in [0.2, 0.25) is 0 Å². The molecule has 1 aliphatic rings. The second-order valence-electron chi connectivity index (χ2n) is 4.60. The summed E-state index contributed by atoms with van der Waals surface area (Å²) in [6.07, 6.45) is 1.69. The molecule has 1 aromatic rings. The van der Waals surface area contributed by atoms with Gasteiger partial charge in [-0.05, 0) is 37.5 Å². The number of rotatable bonds is 3. The maximum atomic E-state index is 12.1. The smallest absolute Gasteiger partial charge is 0.234 e. The van der Waals surface area contributed by atoms with Crippen LogP contribution in [0.3, 0.4) is 0 Å². The van der Waals surface area contributed by atoms with E-state index in [4.69, 9.17) is 0 Å². The Morgan fingerprint density at radius 1 is 1.42 bits per heavy atom.